The molecule has 0 aliphatic carbocycles. The molecule has 2 N–H and O–H groups in total. The SMILES string of the molecule is COc1cc(NC(=O)C[C@@H]2CCCN2)ccc1-c1cnco1. The lowest BCUT2D eigenvalue weighted by Crippen LogP contribution is -2.27. The highest BCUT2D eigenvalue weighted by molar-refractivity contribution is 5.91. The number of rotatable bonds is 5. The van der Waals surface area contributed by atoms with Crippen LogP contribution in [0.5, 0.6) is 5.75 Å². The highest BCUT2D eigenvalue weighted by Gasteiger charge is 2.18. The maximum absolute atomic E-state index is 12.1. The molecular formula is C16H19N3O3. The lowest BCUT2D eigenvalue weighted by molar-refractivity contribution is -0.116. The molecule has 0 unspecified atom stereocenters. The lowest BCUT2D eigenvalue weighted by atomic mass is 10.1. The largest absolute Gasteiger partial charge is 0.496 e. The first kappa shape index (κ1) is 14.6. The summed E-state index contributed by atoms with van der Waals surface area (Å²) in [4.78, 5) is 16.0. The molecule has 1 fully saturated rings. The Morgan fingerprint density at radius 2 is 2.45 bits per heavy atom. The van der Waals surface area contributed by atoms with E-state index < -0.39 is 0 Å². The van der Waals surface area contributed by atoms with E-state index in [0.29, 0.717) is 23.6 Å². The zero-order valence-corrected chi connectivity index (χ0v) is 12.5. The Morgan fingerprint density at radius 3 is 3.14 bits per heavy atom. The summed E-state index contributed by atoms with van der Waals surface area (Å²) >= 11 is 0. The number of carbonyl (C=O) groups excluding carboxylic acids is 1. The number of methoxy groups -OCH3 is 1. The molecule has 1 aromatic heterocycles. The number of benzene rings is 1. The minimum atomic E-state index is 0.00821. The van der Waals surface area contributed by atoms with Crippen LogP contribution in [-0.4, -0.2) is 30.6 Å². The number of nitrogens with one attached hydrogen (secondary N) is 2. The zero-order chi connectivity index (χ0) is 15.4. The molecule has 2 aromatic rings. The molecule has 116 valence electrons. The summed E-state index contributed by atoms with van der Waals surface area (Å²) in [6.07, 6.45) is 5.69. The lowest BCUT2D eigenvalue weighted by Gasteiger charge is -2.12. The van der Waals surface area contributed by atoms with Crippen LogP contribution in [-0.2, 0) is 4.79 Å². The summed E-state index contributed by atoms with van der Waals surface area (Å²) < 4.78 is 10.7. The van der Waals surface area contributed by atoms with E-state index in [1.165, 1.54) is 6.39 Å². The van der Waals surface area contributed by atoms with Crippen molar-refractivity contribution in [3.8, 4) is 17.1 Å². The van der Waals surface area contributed by atoms with Crippen molar-refractivity contribution in [3.63, 3.8) is 0 Å². The number of amides is 1. The number of ether oxygens (including phenoxy) is 1. The van der Waals surface area contributed by atoms with Crippen molar-refractivity contribution in [1.29, 1.82) is 0 Å². The van der Waals surface area contributed by atoms with Gasteiger partial charge in [0.1, 0.15) is 5.75 Å². The Balaban J connectivity index is 1.70. The number of aromatic nitrogens is 1. The molecule has 0 radical (unpaired) electrons. The summed E-state index contributed by atoms with van der Waals surface area (Å²) in [7, 11) is 1.59. The van der Waals surface area contributed by atoms with Gasteiger partial charge < -0.3 is 19.8 Å². The number of nitrogens with zero attached hydrogens (tertiary/aromatic N) is 1. The van der Waals surface area contributed by atoms with Crippen molar-refractivity contribution >= 4 is 11.6 Å². The van der Waals surface area contributed by atoms with Crippen LogP contribution in [0.2, 0.25) is 0 Å². The number of anilines is 1. The fourth-order valence-electron chi connectivity index (χ4n) is 2.69. The Bertz CT molecular complexity index is 634. The second-order valence-corrected chi connectivity index (χ2v) is 5.33. The molecule has 3 rings (SSSR count). The Hall–Kier alpha value is -2.34. The fourth-order valence-corrected chi connectivity index (χ4v) is 2.69. The molecular weight excluding hydrogens is 282 g/mol. The molecule has 1 aromatic carbocycles. The number of hydrogen-bond acceptors (Lipinski definition) is 5. The average molecular weight is 301 g/mol. The molecule has 22 heavy (non-hydrogen) atoms. The molecule has 1 saturated heterocycles. The van der Waals surface area contributed by atoms with E-state index in [-0.39, 0.29) is 11.9 Å². The normalized spacial score (nSPS) is 17.4. The molecule has 6 heteroatoms. The van der Waals surface area contributed by atoms with Gasteiger partial charge >= 0.3 is 0 Å². The Kier molecular flexibility index (Phi) is 4.39. The van der Waals surface area contributed by atoms with Gasteiger partial charge in [0, 0.05) is 24.2 Å². The third kappa shape index (κ3) is 3.28. The zero-order valence-electron chi connectivity index (χ0n) is 12.5. The molecule has 2 heterocycles. The first-order valence-corrected chi connectivity index (χ1v) is 7.36. The van der Waals surface area contributed by atoms with Gasteiger partial charge in [0.05, 0.1) is 18.9 Å². The minimum absolute atomic E-state index is 0.00821. The van der Waals surface area contributed by atoms with Crippen LogP contribution in [0, 0.1) is 0 Å². The second-order valence-electron chi connectivity index (χ2n) is 5.33. The van der Waals surface area contributed by atoms with Gasteiger partial charge in [-0.05, 0) is 31.5 Å². The molecule has 1 aliphatic heterocycles. The minimum Gasteiger partial charge on any atom is -0.496 e. The van der Waals surface area contributed by atoms with E-state index in [1.54, 1.807) is 19.4 Å². The van der Waals surface area contributed by atoms with Crippen LogP contribution in [0.4, 0.5) is 5.69 Å². The van der Waals surface area contributed by atoms with Gasteiger partial charge in [0.25, 0.3) is 0 Å². The van der Waals surface area contributed by atoms with Gasteiger partial charge in [-0.25, -0.2) is 4.98 Å². The topological polar surface area (TPSA) is 76.4 Å². The smallest absolute Gasteiger partial charge is 0.225 e. The van der Waals surface area contributed by atoms with E-state index in [9.17, 15) is 4.79 Å². The molecule has 1 aliphatic rings. The molecule has 1 atom stereocenters. The Morgan fingerprint density at radius 1 is 1.55 bits per heavy atom. The average Bonchev–Trinajstić information content (AvgIpc) is 3.20. The maximum Gasteiger partial charge on any atom is 0.225 e. The fraction of sp³-hybridized carbons (Fsp3) is 0.375. The van der Waals surface area contributed by atoms with Gasteiger partial charge in [0.2, 0.25) is 5.91 Å². The summed E-state index contributed by atoms with van der Waals surface area (Å²) in [6.45, 7) is 0.998. The molecule has 1 amide bonds. The van der Waals surface area contributed by atoms with Crippen molar-refractivity contribution in [2.75, 3.05) is 19.0 Å². The predicted octanol–water partition coefficient (Wildman–Crippen LogP) is 2.43. The summed E-state index contributed by atoms with van der Waals surface area (Å²) in [5.41, 5.74) is 1.51. The quantitative estimate of drug-likeness (QED) is 0.887. The van der Waals surface area contributed by atoms with E-state index in [0.717, 1.165) is 24.9 Å². The van der Waals surface area contributed by atoms with E-state index >= 15 is 0 Å². The third-order valence-corrected chi connectivity index (χ3v) is 3.78. The van der Waals surface area contributed by atoms with Crippen molar-refractivity contribution in [3.05, 3.63) is 30.8 Å². The first-order chi connectivity index (χ1) is 10.8. The monoisotopic (exact) mass is 301 g/mol. The van der Waals surface area contributed by atoms with Crippen molar-refractivity contribution in [2.24, 2.45) is 0 Å². The highest BCUT2D eigenvalue weighted by atomic mass is 16.5. The molecule has 0 spiro atoms. The standard InChI is InChI=1S/C16H19N3O3/c1-21-14-7-12(4-5-13(14)15-9-17-10-22-15)19-16(20)8-11-3-2-6-18-11/h4-5,7,9-11,18H,2-3,6,8H2,1H3,(H,19,20)/t11-/m0/s1. The van der Waals surface area contributed by atoms with Crippen molar-refractivity contribution in [1.82, 2.24) is 10.3 Å². The van der Waals surface area contributed by atoms with Crippen LogP contribution < -0.4 is 15.4 Å². The summed E-state index contributed by atoms with van der Waals surface area (Å²) in [5.74, 6) is 1.27. The van der Waals surface area contributed by atoms with Crippen LogP contribution in [0.3, 0.4) is 0 Å². The molecule has 6 nitrogen and oxygen atoms in total. The number of carbonyl (C=O) groups is 1. The summed E-state index contributed by atoms with van der Waals surface area (Å²) in [6, 6.07) is 5.76. The third-order valence-electron chi connectivity index (χ3n) is 3.78. The Labute approximate surface area is 128 Å². The van der Waals surface area contributed by atoms with Crippen LogP contribution in [0.15, 0.2) is 35.2 Å². The molecule has 0 saturated carbocycles. The summed E-state index contributed by atoms with van der Waals surface area (Å²) in [5, 5.41) is 6.23. The number of oxazole rings is 1. The van der Waals surface area contributed by atoms with Crippen molar-refractivity contribution < 1.29 is 13.9 Å². The first-order valence-electron chi connectivity index (χ1n) is 7.36. The van der Waals surface area contributed by atoms with E-state index in [1.807, 2.05) is 12.1 Å². The van der Waals surface area contributed by atoms with Gasteiger partial charge in [-0.1, -0.05) is 0 Å². The molecule has 0 bridgehead atoms. The highest BCUT2D eigenvalue weighted by Crippen LogP contribution is 2.32. The van der Waals surface area contributed by atoms with Crippen LogP contribution in [0.25, 0.3) is 11.3 Å². The van der Waals surface area contributed by atoms with Crippen molar-refractivity contribution in [2.45, 2.75) is 25.3 Å². The second kappa shape index (κ2) is 6.62. The van der Waals surface area contributed by atoms with Gasteiger partial charge in [0.15, 0.2) is 12.2 Å². The van der Waals surface area contributed by atoms with Gasteiger partial charge in [-0.15, -0.1) is 0 Å². The maximum atomic E-state index is 12.1. The van der Waals surface area contributed by atoms with E-state index in [2.05, 4.69) is 15.6 Å². The van der Waals surface area contributed by atoms with E-state index in [4.69, 9.17) is 9.15 Å². The predicted molar refractivity (Wildman–Crippen MR) is 82.8 cm³/mol. The van der Waals surface area contributed by atoms with Crippen LogP contribution >= 0.6 is 0 Å². The van der Waals surface area contributed by atoms with Crippen LogP contribution in [0.1, 0.15) is 19.3 Å². The van der Waals surface area contributed by atoms with Gasteiger partial charge in [-0.2, -0.15) is 0 Å². The number of hydrogen-bond donors (Lipinski definition) is 2. The van der Waals surface area contributed by atoms with Gasteiger partial charge in [-0.3, -0.25) is 4.79 Å².